The number of hydrogen-bond acceptors (Lipinski definition) is 2. The molecule has 0 radical (unpaired) electrons. The Balaban J connectivity index is 2.28. The number of hydrogen-bond donors (Lipinski definition) is 1. The second-order valence-corrected chi connectivity index (χ2v) is 5.02. The summed E-state index contributed by atoms with van der Waals surface area (Å²) in [6.45, 7) is 1.81. The zero-order chi connectivity index (χ0) is 15.2. The molecule has 0 amide bonds. The molecule has 108 valence electrons. The lowest BCUT2D eigenvalue weighted by Crippen LogP contribution is -2.06. The van der Waals surface area contributed by atoms with Crippen molar-refractivity contribution in [2.24, 2.45) is 0 Å². The van der Waals surface area contributed by atoms with Gasteiger partial charge in [0.25, 0.3) is 0 Å². The van der Waals surface area contributed by atoms with Crippen LogP contribution < -0.4 is 0 Å². The third-order valence-electron chi connectivity index (χ3n) is 3.10. The molecule has 1 N–H and O–H groups in total. The van der Waals surface area contributed by atoms with Crippen LogP contribution in [-0.2, 0) is 6.18 Å². The van der Waals surface area contributed by atoms with Crippen molar-refractivity contribution in [1.82, 2.24) is 14.5 Å². The van der Waals surface area contributed by atoms with Crippen LogP contribution in [0.1, 0.15) is 11.3 Å². The van der Waals surface area contributed by atoms with Crippen molar-refractivity contribution in [2.45, 2.75) is 13.1 Å². The van der Waals surface area contributed by atoms with Gasteiger partial charge in [0.15, 0.2) is 10.4 Å². The first-order chi connectivity index (χ1) is 9.86. The molecule has 0 aliphatic rings. The average molecular weight is 309 g/mol. The number of rotatable bonds is 1. The fourth-order valence-corrected chi connectivity index (χ4v) is 2.44. The number of fused-ring (bicyclic) bond motifs is 1. The fraction of sp³-hybridized carbons (Fsp3) is 0.143. The molecule has 0 aliphatic heterocycles. The summed E-state index contributed by atoms with van der Waals surface area (Å²) in [7, 11) is 0. The zero-order valence-corrected chi connectivity index (χ0v) is 11.7. The van der Waals surface area contributed by atoms with E-state index in [0.717, 1.165) is 17.8 Å². The number of aromatic nitrogens is 3. The van der Waals surface area contributed by atoms with E-state index in [4.69, 9.17) is 12.2 Å². The summed E-state index contributed by atoms with van der Waals surface area (Å²) >= 11 is 5.20. The van der Waals surface area contributed by atoms with Gasteiger partial charge in [-0.1, -0.05) is 6.07 Å². The van der Waals surface area contributed by atoms with Crippen molar-refractivity contribution in [3.63, 3.8) is 0 Å². The molecule has 0 saturated heterocycles. The quantitative estimate of drug-likeness (QED) is 0.676. The summed E-state index contributed by atoms with van der Waals surface area (Å²) in [5.41, 5.74) is 1.57. The molecule has 0 bridgehead atoms. The van der Waals surface area contributed by atoms with Crippen LogP contribution in [0, 0.1) is 11.7 Å². The van der Waals surface area contributed by atoms with E-state index >= 15 is 0 Å². The number of pyridine rings is 1. The minimum Gasteiger partial charge on any atom is -0.329 e. The molecule has 2 heterocycles. The van der Waals surface area contributed by atoms with Crippen LogP contribution in [0.3, 0.4) is 0 Å². The predicted octanol–water partition coefficient (Wildman–Crippen LogP) is 4.41. The van der Waals surface area contributed by atoms with Gasteiger partial charge in [0.2, 0.25) is 0 Å². The van der Waals surface area contributed by atoms with Crippen molar-refractivity contribution < 1.29 is 13.2 Å². The highest BCUT2D eigenvalue weighted by atomic mass is 32.1. The van der Waals surface area contributed by atoms with Gasteiger partial charge in [0.1, 0.15) is 0 Å². The van der Waals surface area contributed by atoms with Crippen LogP contribution in [0.15, 0.2) is 36.4 Å². The lowest BCUT2D eigenvalue weighted by molar-refractivity contribution is -0.137. The minimum absolute atomic E-state index is 0.308. The summed E-state index contributed by atoms with van der Waals surface area (Å²) in [4.78, 5) is 7.29. The molecule has 2 aromatic heterocycles. The summed E-state index contributed by atoms with van der Waals surface area (Å²) in [6.07, 6.45) is -4.40. The van der Waals surface area contributed by atoms with Gasteiger partial charge >= 0.3 is 6.18 Å². The highest BCUT2D eigenvalue weighted by molar-refractivity contribution is 7.71. The molecule has 0 unspecified atom stereocenters. The molecule has 0 aliphatic carbocycles. The second-order valence-electron chi connectivity index (χ2n) is 4.64. The highest BCUT2D eigenvalue weighted by Gasteiger charge is 2.30. The Labute approximate surface area is 123 Å². The van der Waals surface area contributed by atoms with E-state index in [2.05, 4.69) is 9.97 Å². The van der Waals surface area contributed by atoms with Crippen molar-refractivity contribution in [3.05, 3.63) is 52.4 Å². The number of benzene rings is 1. The zero-order valence-electron chi connectivity index (χ0n) is 10.9. The van der Waals surface area contributed by atoms with E-state index in [1.54, 1.807) is 12.1 Å². The van der Waals surface area contributed by atoms with Crippen LogP contribution in [0.2, 0.25) is 0 Å². The molecular weight excluding hydrogens is 299 g/mol. The molecule has 1 aromatic carbocycles. The number of aromatic amines is 1. The summed E-state index contributed by atoms with van der Waals surface area (Å²) in [5.74, 6) is 0. The normalized spacial score (nSPS) is 12.0. The Morgan fingerprint density at radius 1 is 1.19 bits per heavy atom. The van der Waals surface area contributed by atoms with Gasteiger partial charge in [-0.05, 0) is 49.5 Å². The molecule has 21 heavy (non-hydrogen) atoms. The molecule has 0 saturated carbocycles. The smallest absolute Gasteiger partial charge is 0.329 e. The Morgan fingerprint density at radius 3 is 2.67 bits per heavy atom. The standard InChI is InChI=1S/C14H10F3N3S/c1-8-5-6-11-12(18-8)20(13(21)19-11)10-4-2-3-9(7-10)14(15,16)17/h2-7H,1H3,(H,19,21). The Morgan fingerprint density at radius 2 is 1.95 bits per heavy atom. The van der Waals surface area contributed by atoms with Crippen molar-refractivity contribution in [2.75, 3.05) is 0 Å². The van der Waals surface area contributed by atoms with Crippen molar-refractivity contribution in [3.8, 4) is 5.69 Å². The van der Waals surface area contributed by atoms with E-state index in [0.29, 0.717) is 21.6 Å². The van der Waals surface area contributed by atoms with Gasteiger partial charge in [0.05, 0.1) is 16.8 Å². The van der Waals surface area contributed by atoms with E-state index in [1.165, 1.54) is 10.6 Å². The maximum absolute atomic E-state index is 12.8. The number of alkyl halides is 3. The van der Waals surface area contributed by atoms with Crippen LogP contribution >= 0.6 is 12.2 Å². The third kappa shape index (κ3) is 2.44. The topological polar surface area (TPSA) is 33.6 Å². The molecule has 3 nitrogen and oxygen atoms in total. The molecule has 0 fully saturated rings. The van der Waals surface area contributed by atoms with E-state index in [-0.39, 0.29) is 0 Å². The molecule has 3 rings (SSSR count). The minimum atomic E-state index is -4.40. The SMILES string of the molecule is Cc1ccc2[nH]c(=S)n(-c3cccc(C(F)(F)F)c3)c2n1. The van der Waals surface area contributed by atoms with E-state index < -0.39 is 11.7 Å². The maximum Gasteiger partial charge on any atom is 0.416 e. The summed E-state index contributed by atoms with van der Waals surface area (Å²) < 4.78 is 40.3. The number of imidazole rings is 1. The van der Waals surface area contributed by atoms with Gasteiger partial charge < -0.3 is 4.98 Å². The predicted molar refractivity (Wildman–Crippen MR) is 76.0 cm³/mol. The number of aryl methyl sites for hydroxylation is 1. The first kappa shape index (κ1) is 13.8. The largest absolute Gasteiger partial charge is 0.416 e. The fourth-order valence-electron chi connectivity index (χ4n) is 2.14. The molecule has 0 atom stereocenters. The Kier molecular flexibility index (Phi) is 3.09. The van der Waals surface area contributed by atoms with Crippen molar-refractivity contribution >= 4 is 23.4 Å². The van der Waals surface area contributed by atoms with Crippen LogP contribution in [-0.4, -0.2) is 14.5 Å². The number of halogens is 3. The lowest BCUT2D eigenvalue weighted by atomic mass is 10.2. The third-order valence-corrected chi connectivity index (χ3v) is 3.39. The number of nitrogens with zero attached hydrogens (tertiary/aromatic N) is 2. The molecular formula is C14H10F3N3S. The Bertz CT molecular complexity index is 877. The maximum atomic E-state index is 12.8. The first-order valence-electron chi connectivity index (χ1n) is 6.12. The van der Waals surface area contributed by atoms with Gasteiger partial charge in [-0.15, -0.1) is 0 Å². The average Bonchev–Trinajstić information content (AvgIpc) is 2.73. The van der Waals surface area contributed by atoms with Crippen molar-refractivity contribution in [1.29, 1.82) is 0 Å². The number of H-pyrrole nitrogens is 1. The molecule has 3 aromatic rings. The van der Waals surface area contributed by atoms with Gasteiger partial charge in [-0.25, -0.2) is 4.98 Å². The van der Waals surface area contributed by atoms with Crippen LogP contribution in [0.25, 0.3) is 16.9 Å². The van der Waals surface area contributed by atoms with E-state index in [9.17, 15) is 13.2 Å². The highest BCUT2D eigenvalue weighted by Crippen LogP contribution is 2.31. The lowest BCUT2D eigenvalue weighted by Gasteiger charge is -2.09. The second kappa shape index (κ2) is 4.70. The van der Waals surface area contributed by atoms with Gasteiger partial charge in [-0.2, -0.15) is 13.2 Å². The Hall–Kier alpha value is -2.15. The number of nitrogens with one attached hydrogen (secondary N) is 1. The molecule has 7 heteroatoms. The van der Waals surface area contributed by atoms with E-state index in [1.807, 2.05) is 13.0 Å². The summed E-state index contributed by atoms with van der Waals surface area (Å²) in [5, 5.41) is 0. The monoisotopic (exact) mass is 309 g/mol. The molecule has 0 spiro atoms. The summed E-state index contributed by atoms with van der Waals surface area (Å²) in [6, 6.07) is 8.63. The van der Waals surface area contributed by atoms with Crippen LogP contribution in [0.4, 0.5) is 13.2 Å². The van der Waals surface area contributed by atoms with Crippen LogP contribution in [0.5, 0.6) is 0 Å². The first-order valence-corrected chi connectivity index (χ1v) is 6.53. The van der Waals surface area contributed by atoms with Gasteiger partial charge in [-0.3, -0.25) is 4.57 Å². The van der Waals surface area contributed by atoms with Gasteiger partial charge in [0, 0.05) is 5.69 Å².